The molecule has 0 spiro atoms. The average molecular weight is 599 g/mol. The lowest BCUT2D eigenvalue weighted by Crippen LogP contribution is -2.53. The number of anilines is 1. The lowest BCUT2D eigenvalue weighted by atomic mass is 9.90. The minimum atomic E-state index is -0.480. The molecule has 0 bridgehead atoms. The molecule has 1 saturated heterocycles. The fourth-order valence-corrected chi connectivity index (χ4v) is 6.22. The zero-order chi connectivity index (χ0) is 31.0. The molecule has 1 aliphatic carbocycles. The van der Waals surface area contributed by atoms with Gasteiger partial charge in [-0.1, -0.05) is 0 Å². The average Bonchev–Trinajstić information content (AvgIpc) is 3.63. The van der Waals surface area contributed by atoms with Gasteiger partial charge in [0.15, 0.2) is 0 Å². The van der Waals surface area contributed by atoms with Gasteiger partial charge < -0.3 is 19.7 Å². The summed E-state index contributed by atoms with van der Waals surface area (Å²) in [5.74, 6) is 0.192. The molecule has 44 heavy (non-hydrogen) atoms. The van der Waals surface area contributed by atoms with E-state index in [4.69, 9.17) is 21.1 Å². The van der Waals surface area contributed by atoms with E-state index >= 15 is 0 Å². The summed E-state index contributed by atoms with van der Waals surface area (Å²) >= 11 is 0. The summed E-state index contributed by atoms with van der Waals surface area (Å²) < 4.78 is 14.7. The Morgan fingerprint density at radius 1 is 1.02 bits per heavy atom. The number of hydrogen-bond donors (Lipinski definition) is 1. The van der Waals surface area contributed by atoms with Gasteiger partial charge in [0.2, 0.25) is 5.69 Å². The van der Waals surface area contributed by atoms with Crippen molar-refractivity contribution < 1.29 is 19.1 Å². The molecule has 6 rings (SSSR count). The summed E-state index contributed by atoms with van der Waals surface area (Å²) in [7, 11) is 1.57. The van der Waals surface area contributed by atoms with Gasteiger partial charge in [0, 0.05) is 49.9 Å². The van der Waals surface area contributed by atoms with Crippen molar-refractivity contribution >= 4 is 39.8 Å². The maximum absolute atomic E-state index is 13.2. The summed E-state index contributed by atoms with van der Waals surface area (Å²) in [6.45, 7) is 16.0. The van der Waals surface area contributed by atoms with Crippen molar-refractivity contribution in [3.05, 3.63) is 59.8 Å². The van der Waals surface area contributed by atoms with Gasteiger partial charge in [-0.15, -0.1) is 0 Å². The van der Waals surface area contributed by atoms with Crippen LogP contribution in [0.3, 0.4) is 0 Å². The molecule has 0 unspecified atom stereocenters. The summed E-state index contributed by atoms with van der Waals surface area (Å²) in [4.78, 5) is 33.4. The zero-order valence-electron chi connectivity index (χ0n) is 25.6. The number of hydrogen-bond acceptors (Lipinski definition) is 7. The highest BCUT2D eigenvalue weighted by Gasteiger charge is 2.32. The van der Waals surface area contributed by atoms with Crippen molar-refractivity contribution in [1.29, 1.82) is 0 Å². The first-order chi connectivity index (χ1) is 21.1. The second-order valence-corrected chi connectivity index (χ2v) is 12.5. The van der Waals surface area contributed by atoms with Crippen LogP contribution in [0.4, 0.5) is 16.2 Å². The monoisotopic (exact) mass is 598 g/mol. The Balaban J connectivity index is 1.09. The quantitative estimate of drug-likeness (QED) is 0.301. The standard InChI is InChI=1S/C32H38N8O4/c1-32(2,3)44-31(42)38-14-12-37(13-15-38)23-6-8-24(9-7-23)39-20-21-16-27(29(43-5)18-26(21)36-39)35-30(41)28-11-10-25-17-22(33-4)19-34-40(25)28/h10-11,16-20,23-24H,6-9,12-15H2,1-3,5H3,(H,35,41). The highest BCUT2D eigenvalue weighted by Crippen LogP contribution is 2.35. The summed E-state index contributed by atoms with van der Waals surface area (Å²) in [6.07, 6.45) is 7.47. The number of amides is 2. The number of rotatable bonds is 5. The van der Waals surface area contributed by atoms with E-state index in [0.717, 1.165) is 49.7 Å². The number of nitrogens with zero attached hydrogens (tertiary/aromatic N) is 7. The van der Waals surface area contributed by atoms with Gasteiger partial charge in [-0.3, -0.25) is 14.4 Å². The second kappa shape index (κ2) is 11.8. The Bertz CT molecular complexity index is 1730. The molecule has 1 aliphatic heterocycles. The van der Waals surface area contributed by atoms with Crippen LogP contribution in [0.1, 0.15) is 63.0 Å². The largest absolute Gasteiger partial charge is 0.494 e. The number of nitrogens with one attached hydrogen (secondary N) is 1. The summed E-state index contributed by atoms with van der Waals surface area (Å²) in [5.41, 5.74) is 2.32. The van der Waals surface area contributed by atoms with Crippen LogP contribution in [0.5, 0.6) is 5.75 Å². The van der Waals surface area contributed by atoms with Gasteiger partial charge in [-0.2, -0.15) is 10.2 Å². The zero-order valence-corrected chi connectivity index (χ0v) is 25.6. The van der Waals surface area contributed by atoms with E-state index in [1.165, 1.54) is 10.7 Å². The lowest BCUT2D eigenvalue weighted by Gasteiger charge is -2.42. The number of fused-ring (bicyclic) bond motifs is 2. The fourth-order valence-electron chi connectivity index (χ4n) is 6.22. The van der Waals surface area contributed by atoms with Crippen molar-refractivity contribution in [2.45, 2.75) is 64.1 Å². The molecule has 2 aliphatic rings. The van der Waals surface area contributed by atoms with E-state index in [0.29, 0.717) is 53.5 Å². The first kappa shape index (κ1) is 29.4. The Morgan fingerprint density at radius 2 is 1.75 bits per heavy atom. The van der Waals surface area contributed by atoms with Crippen molar-refractivity contribution in [2.75, 3.05) is 38.6 Å². The van der Waals surface area contributed by atoms with Gasteiger partial charge in [-0.05, 0) is 70.7 Å². The van der Waals surface area contributed by atoms with E-state index in [1.807, 2.05) is 37.8 Å². The molecule has 12 nitrogen and oxygen atoms in total. The highest BCUT2D eigenvalue weighted by molar-refractivity contribution is 6.05. The molecule has 1 N–H and O–H groups in total. The third-order valence-electron chi connectivity index (χ3n) is 8.46. The van der Waals surface area contributed by atoms with E-state index < -0.39 is 5.60 Å². The smallest absolute Gasteiger partial charge is 0.410 e. The Morgan fingerprint density at radius 3 is 2.43 bits per heavy atom. The topological polar surface area (TPSA) is 111 Å². The molecular formula is C32H38N8O4. The van der Waals surface area contributed by atoms with E-state index in [2.05, 4.69) is 31.0 Å². The highest BCUT2D eigenvalue weighted by atomic mass is 16.6. The first-order valence-corrected chi connectivity index (χ1v) is 15.1. The van der Waals surface area contributed by atoms with Crippen LogP contribution in [0, 0.1) is 6.57 Å². The number of ether oxygens (including phenoxy) is 2. The number of carbonyl (C=O) groups is 2. The van der Waals surface area contributed by atoms with Crippen LogP contribution >= 0.6 is 0 Å². The van der Waals surface area contributed by atoms with Gasteiger partial charge in [0.1, 0.15) is 17.0 Å². The lowest BCUT2D eigenvalue weighted by molar-refractivity contribution is 0.00721. The SMILES string of the molecule is [C-]#[N+]c1cnn2c(C(=O)Nc3cc4cn(C5CCC(N6CCN(C(=O)OC(C)(C)C)CC6)CC5)nc4cc3OC)ccc2c1. The third kappa shape index (κ3) is 6.05. The molecule has 1 aromatic carbocycles. The van der Waals surface area contributed by atoms with Crippen LogP contribution in [0.2, 0.25) is 0 Å². The third-order valence-corrected chi connectivity index (χ3v) is 8.46. The Labute approximate surface area is 256 Å². The van der Waals surface area contributed by atoms with Crippen LogP contribution in [0.15, 0.2) is 42.7 Å². The van der Waals surface area contributed by atoms with E-state index in [1.54, 1.807) is 25.3 Å². The van der Waals surface area contributed by atoms with E-state index in [-0.39, 0.29) is 12.0 Å². The maximum atomic E-state index is 13.2. The molecule has 3 aromatic heterocycles. The fraction of sp³-hybridized carbons (Fsp3) is 0.469. The molecule has 2 amide bonds. The number of aromatic nitrogens is 4. The minimum Gasteiger partial charge on any atom is -0.494 e. The van der Waals surface area contributed by atoms with Crippen molar-refractivity contribution in [3.8, 4) is 5.75 Å². The molecule has 2 fully saturated rings. The molecule has 0 radical (unpaired) electrons. The number of methoxy groups -OCH3 is 1. The number of carbonyl (C=O) groups excluding carboxylic acids is 2. The molecule has 4 aromatic rings. The molecule has 0 atom stereocenters. The molecule has 12 heteroatoms. The van der Waals surface area contributed by atoms with Crippen molar-refractivity contribution in [3.63, 3.8) is 0 Å². The normalized spacial score (nSPS) is 19.6. The van der Waals surface area contributed by atoms with Crippen LogP contribution in [0.25, 0.3) is 21.3 Å². The summed E-state index contributed by atoms with van der Waals surface area (Å²) in [5, 5.41) is 13.0. The van der Waals surface area contributed by atoms with Crippen LogP contribution in [-0.2, 0) is 4.74 Å². The van der Waals surface area contributed by atoms with Crippen LogP contribution < -0.4 is 10.1 Å². The van der Waals surface area contributed by atoms with Gasteiger partial charge >= 0.3 is 6.09 Å². The van der Waals surface area contributed by atoms with Crippen molar-refractivity contribution in [1.82, 2.24) is 29.2 Å². The predicted molar refractivity (Wildman–Crippen MR) is 166 cm³/mol. The Kier molecular flexibility index (Phi) is 7.90. The molecule has 4 heterocycles. The number of piperazine rings is 1. The Hall–Kier alpha value is -4.63. The molecule has 1 saturated carbocycles. The second-order valence-electron chi connectivity index (χ2n) is 12.5. The predicted octanol–water partition coefficient (Wildman–Crippen LogP) is 5.53. The van der Waals surface area contributed by atoms with Crippen molar-refractivity contribution in [2.24, 2.45) is 0 Å². The summed E-state index contributed by atoms with van der Waals surface area (Å²) in [6, 6.07) is 9.69. The maximum Gasteiger partial charge on any atom is 0.410 e. The van der Waals surface area contributed by atoms with Gasteiger partial charge in [0.25, 0.3) is 5.91 Å². The van der Waals surface area contributed by atoms with Crippen LogP contribution in [-0.4, -0.2) is 86.1 Å². The first-order valence-electron chi connectivity index (χ1n) is 15.1. The molecule has 230 valence electrons. The van der Waals surface area contributed by atoms with E-state index in [9.17, 15) is 9.59 Å². The molecular weight excluding hydrogens is 560 g/mol. The number of benzene rings is 1. The van der Waals surface area contributed by atoms with Gasteiger partial charge in [0.05, 0.1) is 42.6 Å². The minimum absolute atomic E-state index is 0.225. The van der Waals surface area contributed by atoms with Gasteiger partial charge in [-0.25, -0.2) is 14.2 Å².